The van der Waals surface area contributed by atoms with E-state index < -0.39 is 5.41 Å². The first-order chi connectivity index (χ1) is 14.8. The number of benzene rings is 1. The van der Waals surface area contributed by atoms with Crippen molar-refractivity contribution in [2.75, 3.05) is 26.7 Å². The number of carbonyl (C=O) groups is 1. The molecule has 31 heavy (non-hydrogen) atoms. The predicted molar refractivity (Wildman–Crippen MR) is 119 cm³/mol. The summed E-state index contributed by atoms with van der Waals surface area (Å²) in [6, 6.07) is 6.69. The molecule has 1 amide bonds. The van der Waals surface area contributed by atoms with Gasteiger partial charge in [0.25, 0.3) is 0 Å². The number of ether oxygens (including phenoxy) is 1. The molecular formula is C25H34FN3O2. The fraction of sp³-hybridized carbons (Fsp3) is 0.640. The van der Waals surface area contributed by atoms with Gasteiger partial charge in [-0.15, -0.1) is 0 Å². The first-order valence-electron chi connectivity index (χ1n) is 11.5. The standard InChI is InChI=1S/C25H34FN3O2/c1-17-15-22(19-7-5-6-8-21(19)26)28-27-16-25(12-9-20(17)24(25,2)3)23(30)29-13-10-18(31-4)11-14-29/h5-8,15,17-18,20H,9-14,16H2,1-4H3/b22-15-,28-27-/t17?,20?,25-/m0/s1. The maximum atomic E-state index is 14.5. The van der Waals surface area contributed by atoms with Crippen LogP contribution in [-0.4, -0.2) is 43.7 Å². The highest BCUT2D eigenvalue weighted by molar-refractivity contribution is 5.84. The number of amides is 1. The molecule has 1 aliphatic carbocycles. The number of piperidine rings is 1. The number of azo groups is 1. The van der Waals surface area contributed by atoms with Crippen molar-refractivity contribution in [3.8, 4) is 0 Å². The van der Waals surface area contributed by atoms with Gasteiger partial charge in [-0.05, 0) is 55.1 Å². The Balaban J connectivity index is 1.67. The fourth-order valence-corrected chi connectivity index (χ4v) is 6.13. The lowest BCUT2D eigenvalue weighted by Gasteiger charge is -2.46. The van der Waals surface area contributed by atoms with E-state index in [1.807, 2.05) is 17.0 Å². The Labute approximate surface area is 184 Å². The molecule has 2 heterocycles. The third-order valence-electron chi connectivity index (χ3n) is 8.24. The van der Waals surface area contributed by atoms with Gasteiger partial charge in [-0.1, -0.05) is 39.0 Å². The van der Waals surface area contributed by atoms with Crippen molar-refractivity contribution >= 4 is 11.6 Å². The number of carbonyl (C=O) groups excluding carboxylic acids is 1. The number of halogens is 1. The Kier molecular flexibility index (Phi) is 6.03. The quantitative estimate of drug-likeness (QED) is 0.655. The number of hydrogen-bond acceptors (Lipinski definition) is 4. The van der Waals surface area contributed by atoms with Gasteiger partial charge in [0, 0.05) is 25.8 Å². The van der Waals surface area contributed by atoms with E-state index in [4.69, 9.17) is 4.74 Å². The molecule has 1 saturated carbocycles. The summed E-state index contributed by atoms with van der Waals surface area (Å²) in [4.78, 5) is 16.0. The normalized spacial score (nSPS) is 33.7. The average molecular weight is 428 g/mol. The molecule has 2 aliphatic heterocycles. The molecule has 6 heteroatoms. The maximum Gasteiger partial charge on any atom is 0.231 e. The summed E-state index contributed by atoms with van der Waals surface area (Å²) in [6.07, 6.45) is 5.81. The first kappa shape index (κ1) is 22.1. The highest BCUT2D eigenvalue weighted by atomic mass is 19.1. The third kappa shape index (κ3) is 3.73. The molecule has 168 valence electrons. The molecule has 2 unspecified atom stereocenters. The number of allylic oxidation sites excluding steroid dienone is 1. The molecule has 1 aromatic carbocycles. The van der Waals surface area contributed by atoms with Crippen LogP contribution in [0.1, 0.15) is 52.0 Å². The molecule has 2 fully saturated rings. The molecule has 5 nitrogen and oxygen atoms in total. The van der Waals surface area contributed by atoms with Crippen molar-refractivity contribution in [3.63, 3.8) is 0 Å². The summed E-state index contributed by atoms with van der Waals surface area (Å²) in [5, 5.41) is 9.00. The maximum absolute atomic E-state index is 14.5. The second-order valence-corrected chi connectivity index (χ2v) is 9.97. The number of methoxy groups -OCH3 is 1. The second kappa shape index (κ2) is 8.45. The van der Waals surface area contributed by atoms with Crippen molar-refractivity contribution in [3.05, 3.63) is 41.7 Å². The molecule has 2 bridgehead atoms. The summed E-state index contributed by atoms with van der Waals surface area (Å²) >= 11 is 0. The van der Waals surface area contributed by atoms with E-state index in [1.54, 1.807) is 19.2 Å². The Morgan fingerprint density at radius 3 is 2.58 bits per heavy atom. The molecular weight excluding hydrogens is 393 g/mol. The number of hydrogen-bond donors (Lipinski definition) is 0. The molecule has 4 rings (SSSR count). The zero-order valence-electron chi connectivity index (χ0n) is 19.1. The Morgan fingerprint density at radius 1 is 1.19 bits per heavy atom. The van der Waals surface area contributed by atoms with Crippen molar-refractivity contribution in [2.24, 2.45) is 32.9 Å². The van der Waals surface area contributed by atoms with Crippen LogP contribution in [0.25, 0.3) is 5.70 Å². The van der Waals surface area contributed by atoms with Crippen molar-refractivity contribution < 1.29 is 13.9 Å². The average Bonchev–Trinajstić information content (AvgIpc) is 3.05. The number of nitrogens with zero attached hydrogens (tertiary/aromatic N) is 3. The number of fused-ring (bicyclic) bond motifs is 2. The van der Waals surface area contributed by atoms with Gasteiger partial charge in [0.1, 0.15) is 5.82 Å². The van der Waals surface area contributed by atoms with Gasteiger partial charge in [0.15, 0.2) is 0 Å². The second-order valence-electron chi connectivity index (χ2n) is 9.97. The van der Waals surface area contributed by atoms with E-state index in [2.05, 4.69) is 31.0 Å². The number of likely N-dealkylation sites (tertiary alicyclic amines) is 1. The molecule has 3 aliphatic rings. The zero-order chi connectivity index (χ0) is 22.2. The van der Waals surface area contributed by atoms with Gasteiger partial charge in [-0.3, -0.25) is 4.79 Å². The fourth-order valence-electron chi connectivity index (χ4n) is 6.13. The summed E-state index contributed by atoms with van der Waals surface area (Å²) in [7, 11) is 1.74. The van der Waals surface area contributed by atoms with E-state index >= 15 is 0 Å². The minimum atomic E-state index is -0.576. The van der Waals surface area contributed by atoms with Gasteiger partial charge in [-0.2, -0.15) is 10.2 Å². The highest BCUT2D eigenvalue weighted by Crippen LogP contribution is 2.60. The summed E-state index contributed by atoms with van der Waals surface area (Å²) in [6.45, 7) is 8.41. The van der Waals surface area contributed by atoms with E-state index in [1.165, 1.54) is 6.07 Å². The molecule has 3 atom stereocenters. The van der Waals surface area contributed by atoms with Crippen LogP contribution in [0.15, 0.2) is 40.6 Å². The van der Waals surface area contributed by atoms with Crippen molar-refractivity contribution in [1.82, 2.24) is 4.90 Å². The van der Waals surface area contributed by atoms with Crippen LogP contribution in [0.3, 0.4) is 0 Å². The molecule has 0 radical (unpaired) electrons. The molecule has 1 saturated heterocycles. The zero-order valence-corrected chi connectivity index (χ0v) is 19.1. The SMILES string of the molecule is COC1CCN(C(=O)[C@]23CCC(C(C)/C=C(c4ccccc4F)\N=N/C2)C3(C)C)CC1. The van der Waals surface area contributed by atoms with Crippen LogP contribution in [0.5, 0.6) is 0 Å². The van der Waals surface area contributed by atoms with E-state index in [-0.39, 0.29) is 29.2 Å². The largest absolute Gasteiger partial charge is 0.381 e. The Morgan fingerprint density at radius 2 is 1.90 bits per heavy atom. The molecule has 0 spiro atoms. The van der Waals surface area contributed by atoms with Crippen molar-refractivity contribution in [2.45, 2.75) is 52.6 Å². The Hall–Kier alpha value is -2.08. The molecule has 1 aromatic rings. The van der Waals surface area contributed by atoms with Gasteiger partial charge in [-0.25, -0.2) is 4.39 Å². The van der Waals surface area contributed by atoms with E-state index in [0.717, 1.165) is 38.8 Å². The van der Waals surface area contributed by atoms with Gasteiger partial charge in [0.2, 0.25) is 5.91 Å². The van der Waals surface area contributed by atoms with Crippen LogP contribution >= 0.6 is 0 Å². The lowest BCUT2D eigenvalue weighted by molar-refractivity contribution is -0.151. The highest BCUT2D eigenvalue weighted by Gasteiger charge is 2.61. The smallest absolute Gasteiger partial charge is 0.231 e. The van der Waals surface area contributed by atoms with Crippen LogP contribution < -0.4 is 0 Å². The van der Waals surface area contributed by atoms with Gasteiger partial charge >= 0.3 is 0 Å². The lowest BCUT2D eigenvalue weighted by atomic mass is 9.61. The van der Waals surface area contributed by atoms with Crippen LogP contribution in [0.4, 0.5) is 4.39 Å². The van der Waals surface area contributed by atoms with Crippen LogP contribution in [-0.2, 0) is 9.53 Å². The molecule has 0 aromatic heterocycles. The Bertz CT molecular complexity index is 889. The topological polar surface area (TPSA) is 54.3 Å². The van der Waals surface area contributed by atoms with E-state index in [0.29, 0.717) is 23.7 Å². The van der Waals surface area contributed by atoms with Crippen LogP contribution in [0, 0.1) is 28.5 Å². The predicted octanol–water partition coefficient (Wildman–Crippen LogP) is 5.33. The minimum absolute atomic E-state index is 0.163. The minimum Gasteiger partial charge on any atom is -0.381 e. The van der Waals surface area contributed by atoms with Crippen molar-refractivity contribution in [1.29, 1.82) is 0 Å². The summed E-state index contributed by atoms with van der Waals surface area (Å²) in [5.74, 6) is 0.374. The van der Waals surface area contributed by atoms with Crippen LogP contribution in [0.2, 0.25) is 0 Å². The third-order valence-corrected chi connectivity index (χ3v) is 8.24. The van der Waals surface area contributed by atoms with Gasteiger partial charge in [0.05, 0.1) is 23.8 Å². The number of rotatable bonds is 3. The lowest BCUT2D eigenvalue weighted by Crippen LogP contribution is -2.54. The van der Waals surface area contributed by atoms with E-state index in [9.17, 15) is 9.18 Å². The summed E-state index contributed by atoms with van der Waals surface area (Å²) < 4.78 is 20.0. The van der Waals surface area contributed by atoms with Gasteiger partial charge < -0.3 is 9.64 Å². The monoisotopic (exact) mass is 427 g/mol. The summed E-state index contributed by atoms with van der Waals surface area (Å²) in [5.41, 5.74) is 0.225. The molecule has 0 N–H and O–H groups in total. The first-order valence-corrected chi connectivity index (χ1v) is 11.5.